The summed E-state index contributed by atoms with van der Waals surface area (Å²) in [7, 11) is 0. The Kier molecular flexibility index (Phi) is 5.87. The molecular weight excluding hydrogens is 342 g/mol. The number of halogens is 1. The molecule has 128 valence electrons. The van der Waals surface area contributed by atoms with Gasteiger partial charge in [0.2, 0.25) is 0 Å². The Morgan fingerprint density at radius 3 is 2.83 bits per heavy atom. The number of nitrogens with one attached hydrogen (secondary N) is 1. The molecule has 24 heavy (non-hydrogen) atoms. The van der Waals surface area contributed by atoms with Gasteiger partial charge in [-0.05, 0) is 51.9 Å². The van der Waals surface area contributed by atoms with Crippen molar-refractivity contribution in [3.05, 3.63) is 39.9 Å². The first-order chi connectivity index (χ1) is 11.6. The highest BCUT2D eigenvalue weighted by Crippen LogP contribution is 2.32. The molecule has 0 atom stereocenters. The van der Waals surface area contributed by atoms with E-state index in [2.05, 4.69) is 15.2 Å². The van der Waals surface area contributed by atoms with Crippen LogP contribution in [0.25, 0.3) is 10.6 Å². The molecule has 4 nitrogen and oxygen atoms in total. The van der Waals surface area contributed by atoms with Gasteiger partial charge in [-0.15, -0.1) is 11.3 Å². The van der Waals surface area contributed by atoms with Crippen molar-refractivity contribution in [2.75, 3.05) is 26.2 Å². The van der Waals surface area contributed by atoms with Crippen LogP contribution in [0.1, 0.15) is 34.6 Å². The fourth-order valence-corrected chi connectivity index (χ4v) is 4.25. The minimum absolute atomic E-state index is 0.0373. The quantitative estimate of drug-likeness (QED) is 0.789. The first-order valence-corrected chi connectivity index (χ1v) is 9.57. The van der Waals surface area contributed by atoms with Crippen molar-refractivity contribution in [2.24, 2.45) is 0 Å². The Morgan fingerprint density at radius 1 is 1.33 bits per heavy atom. The van der Waals surface area contributed by atoms with E-state index in [1.807, 2.05) is 31.2 Å². The van der Waals surface area contributed by atoms with Crippen molar-refractivity contribution < 1.29 is 4.79 Å². The molecule has 1 aromatic carbocycles. The van der Waals surface area contributed by atoms with E-state index in [-0.39, 0.29) is 5.91 Å². The minimum atomic E-state index is -0.0373. The largest absolute Gasteiger partial charge is 0.351 e. The summed E-state index contributed by atoms with van der Waals surface area (Å²) in [5.74, 6) is -0.0373. The van der Waals surface area contributed by atoms with Crippen molar-refractivity contribution in [1.29, 1.82) is 0 Å². The molecule has 6 heteroatoms. The van der Waals surface area contributed by atoms with Crippen LogP contribution in [0.3, 0.4) is 0 Å². The molecule has 1 N–H and O–H groups in total. The molecule has 0 aliphatic carbocycles. The Balaban J connectivity index is 1.58. The smallest absolute Gasteiger partial charge is 0.263 e. The molecule has 0 radical (unpaired) electrons. The maximum absolute atomic E-state index is 12.4. The Morgan fingerprint density at radius 2 is 2.08 bits per heavy atom. The molecule has 1 fully saturated rings. The summed E-state index contributed by atoms with van der Waals surface area (Å²) in [5.41, 5.74) is 1.63. The topological polar surface area (TPSA) is 45.2 Å². The number of nitrogens with zero attached hydrogens (tertiary/aromatic N) is 2. The zero-order chi connectivity index (χ0) is 16.9. The SMILES string of the molecule is Cc1nc(-c2ccccc2Cl)sc1C(=O)NCCCN1CCCC1. The molecular formula is C18H22ClN3OS. The average Bonchev–Trinajstić information content (AvgIpc) is 3.21. The van der Waals surface area contributed by atoms with Gasteiger partial charge < -0.3 is 10.2 Å². The van der Waals surface area contributed by atoms with Crippen molar-refractivity contribution in [3.8, 4) is 10.6 Å². The van der Waals surface area contributed by atoms with E-state index in [1.54, 1.807) is 0 Å². The monoisotopic (exact) mass is 363 g/mol. The van der Waals surface area contributed by atoms with E-state index in [0.717, 1.165) is 29.2 Å². The van der Waals surface area contributed by atoms with Gasteiger partial charge in [0.1, 0.15) is 9.88 Å². The van der Waals surface area contributed by atoms with E-state index < -0.39 is 0 Å². The van der Waals surface area contributed by atoms with Gasteiger partial charge in [-0.3, -0.25) is 4.79 Å². The van der Waals surface area contributed by atoms with Gasteiger partial charge in [0, 0.05) is 12.1 Å². The fraction of sp³-hybridized carbons (Fsp3) is 0.444. The third-order valence-electron chi connectivity index (χ3n) is 4.24. The molecule has 0 bridgehead atoms. The van der Waals surface area contributed by atoms with Crippen LogP contribution in [-0.4, -0.2) is 42.0 Å². The van der Waals surface area contributed by atoms with Gasteiger partial charge in [0.05, 0.1) is 10.7 Å². The zero-order valence-corrected chi connectivity index (χ0v) is 15.4. The van der Waals surface area contributed by atoms with Crippen LogP contribution in [0.4, 0.5) is 0 Å². The molecule has 1 aliphatic rings. The van der Waals surface area contributed by atoms with Gasteiger partial charge in [0.15, 0.2) is 0 Å². The second-order valence-electron chi connectivity index (χ2n) is 6.07. The number of rotatable bonds is 6. The lowest BCUT2D eigenvalue weighted by atomic mass is 10.2. The number of thiazole rings is 1. The first kappa shape index (κ1) is 17.4. The second kappa shape index (κ2) is 8.10. The van der Waals surface area contributed by atoms with Gasteiger partial charge in [0.25, 0.3) is 5.91 Å². The maximum atomic E-state index is 12.4. The van der Waals surface area contributed by atoms with Crippen LogP contribution in [0.15, 0.2) is 24.3 Å². The number of aromatic nitrogens is 1. The summed E-state index contributed by atoms with van der Waals surface area (Å²) in [6.45, 7) is 6.03. The van der Waals surface area contributed by atoms with Crippen LogP contribution in [0.2, 0.25) is 5.02 Å². The molecule has 0 unspecified atom stereocenters. The van der Waals surface area contributed by atoms with Crippen LogP contribution in [0.5, 0.6) is 0 Å². The lowest BCUT2D eigenvalue weighted by Gasteiger charge is -2.14. The fourth-order valence-electron chi connectivity index (χ4n) is 2.95. The number of amides is 1. The zero-order valence-electron chi connectivity index (χ0n) is 13.8. The normalized spacial score (nSPS) is 14.9. The summed E-state index contributed by atoms with van der Waals surface area (Å²) >= 11 is 7.63. The maximum Gasteiger partial charge on any atom is 0.263 e. The third kappa shape index (κ3) is 4.15. The number of carbonyl (C=O) groups excluding carboxylic acids is 1. The van der Waals surface area contributed by atoms with Crippen LogP contribution in [0, 0.1) is 6.92 Å². The van der Waals surface area contributed by atoms with Crippen LogP contribution in [-0.2, 0) is 0 Å². The molecule has 2 heterocycles. The number of benzene rings is 1. The minimum Gasteiger partial charge on any atom is -0.351 e. The second-order valence-corrected chi connectivity index (χ2v) is 7.48. The van der Waals surface area contributed by atoms with Crippen molar-refractivity contribution in [3.63, 3.8) is 0 Å². The highest BCUT2D eigenvalue weighted by molar-refractivity contribution is 7.17. The molecule has 0 spiro atoms. The van der Waals surface area contributed by atoms with E-state index in [1.165, 1.54) is 37.3 Å². The first-order valence-electron chi connectivity index (χ1n) is 8.38. The number of hydrogen-bond donors (Lipinski definition) is 1. The van der Waals surface area contributed by atoms with Gasteiger partial charge in [-0.1, -0.05) is 29.8 Å². The predicted molar refractivity (Wildman–Crippen MR) is 99.9 cm³/mol. The number of hydrogen-bond acceptors (Lipinski definition) is 4. The van der Waals surface area contributed by atoms with E-state index in [0.29, 0.717) is 16.4 Å². The Bertz CT molecular complexity index is 710. The van der Waals surface area contributed by atoms with Crippen molar-refractivity contribution >= 4 is 28.8 Å². The Hall–Kier alpha value is -1.43. The molecule has 1 aliphatic heterocycles. The van der Waals surface area contributed by atoms with E-state index in [4.69, 9.17) is 11.6 Å². The predicted octanol–water partition coefficient (Wildman–Crippen LogP) is 3.99. The van der Waals surface area contributed by atoms with Crippen molar-refractivity contribution in [2.45, 2.75) is 26.2 Å². The number of carbonyl (C=O) groups is 1. The summed E-state index contributed by atoms with van der Waals surface area (Å²) in [4.78, 5) is 20.1. The van der Waals surface area contributed by atoms with Gasteiger partial charge >= 0.3 is 0 Å². The lowest BCUT2D eigenvalue weighted by molar-refractivity contribution is 0.0955. The number of aryl methyl sites for hydroxylation is 1. The van der Waals surface area contributed by atoms with Crippen molar-refractivity contribution in [1.82, 2.24) is 15.2 Å². The third-order valence-corrected chi connectivity index (χ3v) is 5.76. The number of likely N-dealkylation sites (tertiary alicyclic amines) is 1. The molecule has 2 aromatic rings. The van der Waals surface area contributed by atoms with Gasteiger partial charge in [-0.25, -0.2) is 4.98 Å². The average molecular weight is 364 g/mol. The molecule has 3 rings (SSSR count). The summed E-state index contributed by atoms with van der Waals surface area (Å²) in [6, 6.07) is 7.58. The highest BCUT2D eigenvalue weighted by atomic mass is 35.5. The van der Waals surface area contributed by atoms with E-state index in [9.17, 15) is 4.79 Å². The highest BCUT2D eigenvalue weighted by Gasteiger charge is 2.17. The van der Waals surface area contributed by atoms with Gasteiger partial charge in [-0.2, -0.15) is 0 Å². The van der Waals surface area contributed by atoms with E-state index >= 15 is 0 Å². The molecule has 0 saturated carbocycles. The summed E-state index contributed by atoms with van der Waals surface area (Å²) in [6.07, 6.45) is 3.59. The van der Waals surface area contributed by atoms with Crippen LogP contribution >= 0.6 is 22.9 Å². The Labute approximate surface area is 151 Å². The molecule has 1 aromatic heterocycles. The van der Waals surface area contributed by atoms with Crippen LogP contribution < -0.4 is 5.32 Å². The lowest BCUT2D eigenvalue weighted by Crippen LogP contribution is -2.28. The molecule has 1 amide bonds. The standard InChI is InChI=1S/C18H22ClN3OS/c1-13-16(17(23)20-9-6-12-22-10-4-5-11-22)24-18(21-13)14-7-2-3-8-15(14)19/h2-3,7-8H,4-6,9-12H2,1H3,(H,20,23). The molecule has 1 saturated heterocycles. The summed E-state index contributed by atoms with van der Waals surface area (Å²) < 4.78 is 0. The summed E-state index contributed by atoms with van der Waals surface area (Å²) in [5, 5.41) is 4.46.